The van der Waals surface area contributed by atoms with Crippen LogP contribution in [0.3, 0.4) is 0 Å². The minimum absolute atomic E-state index is 0.144. The van der Waals surface area contributed by atoms with Gasteiger partial charge in [0.15, 0.2) is 5.13 Å². The van der Waals surface area contributed by atoms with E-state index in [9.17, 15) is 4.79 Å². The number of urea groups is 1. The maximum Gasteiger partial charge on any atom is 0.324 e. The normalized spacial score (nSPS) is 17.8. The molecule has 110 valence electrons. The highest BCUT2D eigenvalue weighted by Crippen LogP contribution is 2.34. The number of benzene rings is 1. The molecule has 1 fully saturated rings. The topological polar surface area (TPSA) is 63.1 Å². The van der Waals surface area contributed by atoms with Gasteiger partial charge in [-0.3, -0.25) is 9.58 Å². The molecule has 1 aliphatic heterocycles. The van der Waals surface area contributed by atoms with Crippen LogP contribution in [0.5, 0.6) is 0 Å². The van der Waals surface area contributed by atoms with Crippen LogP contribution >= 0.6 is 11.3 Å². The molecule has 7 heteroatoms. The molecular formula is C15H13N5OS. The van der Waals surface area contributed by atoms with Gasteiger partial charge < -0.3 is 5.32 Å². The van der Waals surface area contributed by atoms with Crippen molar-refractivity contribution in [3.05, 3.63) is 18.3 Å². The number of carbonyl (C=O) groups is 1. The molecule has 1 aliphatic rings. The summed E-state index contributed by atoms with van der Waals surface area (Å²) in [5.74, 6) is 5.93. The fourth-order valence-electron chi connectivity index (χ4n) is 2.70. The van der Waals surface area contributed by atoms with Crippen LogP contribution in [0.2, 0.25) is 0 Å². The summed E-state index contributed by atoms with van der Waals surface area (Å²) in [5.41, 5.74) is 1.79. The van der Waals surface area contributed by atoms with Gasteiger partial charge in [0, 0.05) is 18.6 Å². The van der Waals surface area contributed by atoms with Gasteiger partial charge >= 0.3 is 6.03 Å². The van der Waals surface area contributed by atoms with E-state index in [0.717, 1.165) is 21.1 Å². The molecule has 0 spiro atoms. The van der Waals surface area contributed by atoms with Crippen LogP contribution in [-0.2, 0) is 7.05 Å². The van der Waals surface area contributed by atoms with Gasteiger partial charge in [0.1, 0.15) is 6.04 Å². The molecule has 6 nitrogen and oxygen atoms in total. The number of thiazole rings is 1. The van der Waals surface area contributed by atoms with Crippen LogP contribution in [0, 0.1) is 11.8 Å². The Bertz CT molecular complexity index is 961. The molecule has 4 rings (SSSR count). The van der Waals surface area contributed by atoms with Crippen molar-refractivity contribution in [2.45, 2.75) is 13.0 Å². The Morgan fingerprint density at radius 2 is 2.32 bits per heavy atom. The number of carbonyl (C=O) groups excluding carboxylic acids is 1. The first-order chi connectivity index (χ1) is 10.7. The number of nitrogens with zero attached hydrogens (tertiary/aromatic N) is 4. The smallest absolute Gasteiger partial charge is 0.324 e. The van der Waals surface area contributed by atoms with Crippen molar-refractivity contribution in [3.8, 4) is 11.8 Å². The first-order valence-electron chi connectivity index (χ1n) is 6.89. The summed E-state index contributed by atoms with van der Waals surface area (Å²) in [4.78, 5) is 18.4. The molecule has 1 N–H and O–H groups in total. The zero-order valence-electron chi connectivity index (χ0n) is 12.1. The van der Waals surface area contributed by atoms with Crippen LogP contribution in [0.4, 0.5) is 9.93 Å². The molecule has 3 heterocycles. The summed E-state index contributed by atoms with van der Waals surface area (Å²) in [7, 11) is 1.89. The zero-order valence-corrected chi connectivity index (χ0v) is 12.9. The average molecular weight is 311 g/mol. The summed E-state index contributed by atoms with van der Waals surface area (Å²) in [6, 6.07) is 3.67. The van der Waals surface area contributed by atoms with Crippen LogP contribution in [0.15, 0.2) is 18.3 Å². The Balaban J connectivity index is 1.89. The molecular weight excluding hydrogens is 298 g/mol. The standard InChI is InChI=1S/C15H13N5OS/c1-3-4-9-7-16-14(21)20(9)15-17-13-10-8-19(2)18-11(10)5-6-12(13)22-15/h5-6,8-9H,7H2,1-2H3,(H,16,21). The number of rotatable bonds is 1. The second kappa shape index (κ2) is 4.71. The second-order valence-corrected chi connectivity index (χ2v) is 6.12. The largest absolute Gasteiger partial charge is 0.334 e. The van der Waals surface area contributed by atoms with Crippen molar-refractivity contribution in [3.63, 3.8) is 0 Å². The number of hydrogen-bond donors (Lipinski definition) is 1. The Morgan fingerprint density at radius 3 is 3.14 bits per heavy atom. The van der Waals surface area contributed by atoms with E-state index in [1.54, 1.807) is 16.5 Å². The van der Waals surface area contributed by atoms with Crippen molar-refractivity contribution in [1.29, 1.82) is 0 Å². The molecule has 1 unspecified atom stereocenters. The van der Waals surface area contributed by atoms with E-state index in [1.165, 1.54) is 11.3 Å². The maximum absolute atomic E-state index is 12.1. The van der Waals surface area contributed by atoms with Gasteiger partial charge in [-0.1, -0.05) is 17.3 Å². The Labute approximate surface area is 130 Å². The summed E-state index contributed by atoms with van der Waals surface area (Å²) >= 11 is 1.50. The molecule has 1 atom stereocenters. The fourth-order valence-corrected chi connectivity index (χ4v) is 3.73. The molecule has 22 heavy (non-hydrogen) atoms. The molecule has 1 saturated heterocycles. The molecule has 1 aromatic carbocycles. The number of aryl methyl sites for hydroxylation is 1. The minimum Gasteiger partial charge on any atom is -0.334 e. The van der Waals surface area contributed by atoms with Crippen molar-refractivity contribution < 1.29 is 4.79 Å². The molecule has 0 bridgehead atoms. The number of fused-ring (bicyclic) bond motifs is 3. The van der Waals surface area contributed by atoms with E-state index in [0.29, 0.717) is 11.7 Å². The molecule has 0 radical (unpaired) electrons. The van der Waals surface area contributed by atoms with Gasteiger partial charge in [-0.15, -0.1) is 5.92 Å². The molecule has 0 saturated carbocycles. The monoisotopic (exact) mass is 311 g/mol. The van der Waals surface area contributed by atoms with Crippen LogP contribution in [-0.4, -0.2) is 33.4 Å². The van der Waals surface area contributed by atoms with Crippen molar-refractivity contribution in [2.75, 3.05) is 11.4 Å². The first kappa shape index (κ1) is 13.1. The highest BCUT2D eigenvalue weighted by Gasteiger charge is 2.33. The second-order valence-electron chi connectivity index (χ2n) is 5.11. The highest BCUT2D eigenvalue weighted by molar-refractivity contribution is 7.22. The van der Waals surface area contributed by atoms with E-state index in [2.05, 4.69) is 27.2 Å². The van der Waals surface area contributed by atoms with Crippen LogP contribution in [0.25, 0.3) is 21.1 Å². The molecule has 3 aromatic rings. The number of anilines is 1. The number of amides is 2. The van der Waals surface area contributed by atoms with Gasteiger partial charge in [-0.05, 0) is 19.1 Å². The lowest BCUT2D eigenvalue weighted by Gasteiger charge is -2.14. The van der Waals surface area contributed by atoms with Crippen molar-refractivity contribution in [1.82, 2.24) is 20.1 Å². The fraction of sp³-hybridized carbons (Fsp3) is 0.267. The van der Waals surface area contributed by atoms with E-state index in [4.69, 9.17) is 0 Å². The zero-order chi connectivity index (χ0) is 15.3. The molecule has 0 aliphatic carbocycles. The maximum atomic E-state index is 12.1. The Kier molecular flexibility index (Phi) is 2.81. The third-order valence-corrected chi connectivity index (χ3v) is 4.66. The van der Waals surface area contributed by atoms with Gasteiger partial charge in [0.25, 0.3) is 0 Å². The van der Waals surface area contributed by atoms with Crippen molar-refractivity contribution >= 4 is 43.6 Å². The predicted molar refractivity (Wildman–Crippen MR) is 87.0 cm³/mol. The highest BCUT2D eigenvalue weighted by atomic mass is 32.1. The quantitative estimate of drug-likeness (QED) is 0.700. The minimum atomic E-state index is -0.164. The lowest BCUT2D eigenvalue weighted by Crippen LogP contribution is -2.33. The van der Waals surface area contributed by atoms with E-state index < -0.39 is 0 Å². The van der Waals surface area contributed by atoms with E-state index in [1.807, 2.05) is 25.4 Å². The average Bonchev–Trinajstić information content (AvgIpc) is 3.14. The van der Waals surface area contributed by atoms with Crippen molar-refractivity contribution in [2.24, 2.45) is 7.05 Å². The van der Waals surface area contributed by atoms with E-state index in [-0.39, 0.29) is 12.1 Å². The van der Waals surface area contributed by atoms with Crippen LogP contribution < -0.4 is 10.2 Å². The molecule has 2 amide bonds. The third kappa shape index (κ3) is 1.84. The predicted octanol–water partition coefficient (Wildman–Crippen LogP) is 2.10. The van der Waals surface area contributed by atoms with Gasteiger partial charge in [-0.2, -0.15) is 5.10 Å². The lowest BCUT2D eigenvalue weighted by atomic mass is 10.2. The Morgan fingerprint density at radius 1 is 1.45 bits per heavy atom. The molecule has 2 aromatic heterocycles. The number of hydrogen-bond acceptors (Lipinski definition) is 4. The summed E-state index contributed by atoms with van der Waals surface area (Å²) in [6.45, 7) is 2.30. The van der Waals surface area contributed by atoms with E-state index >= 15 is 0 Å². The summed E-state index contributed by atoms with van der Waals surface area (Å²) in [6.07, 6.45) is 1.95. The van der Waals surface area contributed by atoms with Gasteiger partial charge in [0.2, 0.25) is 0 Å². The lowest BCUT2D eigenvalue weighted by molar-refractivity contribution is 0.252. The Hall–Kier alpha value is -2.59. The van der Waals surface area contributed by atoms with Crippen LogP contribution in [0.1, 0.15) is 6.92 Å². The SMILES string of the molecule is CC#CC1CNC(=O)N1c1nc2c(ccc3nn(C)cc32)s1. The van der Waals surface area contributed by atoms with Gasteiger partial charge in [0.05, 0.1) is 22.3 Å². The number of aromatic nitrogens is 3. The summed E-state index contributed by atoms with van der Waals surface area (Å²) < 4.78 is 2.82. The number of nitrogens with one attached hydrogen (secondary N) is 1. The third-order valence-electron chi connectivity index (χ3n) is 3.64. The van der Waals surface area contributed by atoms with Gasteiger partial charge in [-0.25, -0.2) is 9.78 Å². The first-order valence-corrected chi connectivity index (χ1v) is 7.71. The summed E-state index contributed by atoms with van der Waals surface area (Å²) in [5, 5.41) is 8.89.